The molecule has 170 valence electrons. The van der Waals surface area contributed by atoms with E-state index in [-0.39, 0.29) is 5.91 Å². The van der Waals surface area contributed by atoms with Crippen LogP contribution in [0.15, 0.2) is 0 Å². The van der Waals surface area contributed by atoms with E-state index in [1.165, 1.54) is 0 Å². The maximum Gasteiger partial charge on any atom is 0.238 e. The molecule has 0 saturated heterocycles. The number of hydrogen-bond acceptors (Lipinski definition) is 4. The van der Waals surface area contributed by atoms with Crippen molar-refractivity contribution >= 4 is 11.8 Å². The quantitative estimate of drug-likeness (QED) is 0.583. The summed E-state index contributed by atoms with van der Waals surface area (Å²) in [7, 11) is 0. The monoisotopic (exact) mass is 412 g/mol. The second-order valence-electron chi connectivity index (χ2n) is 12.2. The van der Waals surface area contributed by atoms with Gasteiger partial charge >= 0.3 is 0 Å². The van der Waals surface area contributed by atoms with Crippen LogP contribution in [-0.4, -0.2) is 50.2 Å². The van der Waals surface area contributed by atoms with Crippen molar-refractivity contribution in [2.24, 2.45) is 22.0 Å². The first kappa shape index (κ1) is 25.9. The standard InChI is InChI=1S/C23H44N2O4/c1-19(2,3)15(21(7,8)28)25(16(20(4,5)6)22(9,10)29)18(27)23(17(24)26)13-11-12-14-23/h15-16,28-29H,11-14H2,1-10H3,(H2,24,26). The van der Waals surface area contributed by atoms with Crippen molar-refractivity contribution in [3.8, 4) is 0 Å². The Morgan fingerprint density at radius 2 is 1.10 bits per heavy atom. The summed E-state index contributed by atoms with van der Waals surface area (Å²) in [6.07, 6.45) is 2.33. The molecule has 2 atom stereocenters. The molecule has 1 aliphatic rings. The molecule has 6 heteroatoms. The Kier molecular flexibility index (Phi) is 7.00. The van der Waals surface area contributed by atoms with E-state index < -0.39 is 45.4 Å². The summed E-state index contributed by atoms with van der Waals surface area (Å²) < 4.78 is 0. The van der Waals surface area contributed by atoms with E-state index >= 15 is 0 Å². The number of nitrogens with two attached hydrogens (primary N) is 1. The van der Waals surface area contributed by atoms with Gasteiger partial charge in [0.15, 0.2) is 0 Å². The number of aliphatic hydroxyl groups is 2. The molecule has 2 amide bonds. The predicted octanol–water partition coefficient (Wildman–Crippen LogP) is 3.23. The highest BCUT2D eigenvalue weighted by Gasteiger charge is 2.58. The van der Waals surface area contributed by atoms with Crippen molar-refractivity contribution < 1.29 is 19.8 Å². The van der Waals surface area contributed by atoms with Gasteiger partial charge in [0, 0.05) is 0 Å². The minimum absolute atomic E-state index is 0.369. The topological polar surface area (TPSA) is 104 Å². The third-order valence-corrected chi connectivity index (χ3v) is 6.11. The lowest BCUT2D eigenvalue weighted by atomic mass is 9.69. The number of rotatable bonds is 6. The molecule has 0 heterocycles. The smallest absolute Gasteiger partial charge is 0.238 e. The van der Waals surface area contributed by atoms with Crippen LogP contribution in [0, 0.1) is 16.2 Å². The predicted molar refractivity (Wildman–Crippen MR) is 116 cm³/mol. The van der Waals surface area contributed by atoms with E-state index in [9.17, 15) is 19.8 Å². The van der Waals surface area contributed by atoms with Crippen LogP contribution in [0.2, 0.25) is 0 Å². The van der Waals surface area contributed by atoms with Crippen molar-refractivity contribution in [1.29, 1.82) is 0 Å². The Labute approximate surface area is 177 Å². The summed E-state index contributed by atoms with van der Waals surface area (Å²) in [5.41, 5.74) is 0.953. The van der Waals surface area contributed by atoms with Gasteiger partial charge in [-0.15, -0.1) is 0 Å². The van der Waals surface area contributed by atoms with Gasteiger partial charge in [-0.05, 0) is 51.4 Å². The normalized spacial score (nSPS) is 20.3. The van der Waals surface area contributed by atoms with Crippen molar-refractivity contribution in [3.63, 3.8) is 0 Å². The third-order valence-electron chi connectivity index (χ3n) is 6.11. The van der Waals surface area contributed by atoms with Crippen LogP contribution < -0.4 is 5.73 Å². The number of primary amides is 1. The summed E-state index contributed by atoms with van der Waals surface area (Å²) in [4.78, 5) is 28.4. The minimum atomic E-state index is -1.29. The van der Waals surface area contributed by atoms with Crippen molar-refractivity contribution in [3.05, 3.63) is 0 Å². The number of nitrogens with zero attached hydrogens (tertiary/aromatic N) is 1. The van der Waals surface area contributed by atoms with Crippen LogP contribution in [0.3, 0.4) is 0 Å². The van der Waals surface area contributed by atoms with Crippen LogP contribution in [0.25, 0.3) is 0 Å². The van der Waals surface area contributed by atoms with Crippen LogP contribution in [0.5, 0.6) is 0 Å². The molecule has 1 saturated carbocycles. The Morgan fingerprint density at radius 3 is 1.31 bits per heavy atom. The highest BCUT2D eigenvalue weighted by Crippen LogP contribution is 2.47. The lowest BCUT2D eigenvalue weighted by molar-refractivity contribution is -0.183. The fraction of sp³-hybridized carbons (Fsp3) is 0.913. The Balaban J connectivity index is 3.87. The zero-order valence-electron chi connectivity index (χ0n) is 20.2. The molecule has 6 nitrogen and oxygen atoms in total. The summed E-state index contributed by atoms with van der Waals surface area (Å²) >= 11 is 0. The first-order chi connectivity index (χ1) is 12.7. The Bertz CT molecular complexity index is 549. The number of carbonyl (C=O) groups excluding carboxylic acids is 2. The van der Waals surface area contributed by atoms with Gasteiger partial charge in [0.25, 0.3) is 0 Å². The third kappa shape index (κ3) is 5.32. The lowest BCUT2D eigenvalue weighted by Crippen LogP contribution is -2.70. The van der Waals surface area contributed by atoms with Gasteiger partial charge in [0.1, 0.15) is 5.41 Å². The van der Waals surface area contributed by atoms with E-state index in [0.29, 0.717) is 12.8 Å². The molecule has 0 bridgehead atoms. The molecular formula is C23H44N2O4. The average Bonchev–Trinajstić information content (AvgIpc) is 2.90. The SMILES string of the molecule is CC(C)(C)C(N(C(=O)C1(C(N)=O)CCCC1)C(C(C)(C)C)C(C)(C)O)C(C)(C)O. The van der Waals surface area contributed by atoms with Gasteiger partial charge in [-0.25, -0.2) is 0 Å². The number of amides is 2. The summed E-state index contributed by atoms with van der Waals surface area (Å²) in [5.74, 6) is -0.983. The largest absolute Gasteiger partial charge is 0.388 e. The molecule has 0 spiro atoms. The van der Waals surface area contributed by atoms with Crippen molar-refractivity contribution in [2.75, 3.05) is 0 Å². The van der Waals surface area contributed by atoms with E-state index in [4.69, 9.17) is 5.73 Å². The molecule has 0 radical (unpaired) electrons. The molecule has 1 fully saturated rings. The highest BCUT2D eigenvalue weighted by atomic mass is 16.3. The van der Waals surface area contributed by atoms with E-state index in [0.717, 1.165) is 12.8 Å². The van der Waals surface area contributed by atoms with Crippen LogP contribution >= 0.6 is 0 Å². The molecule has 4 N–H and O–H groups in total. The summed E-state index contributed by atoms with van der Waals surface area (Å²) in [6.45, 7) is 18.5. The van der Waals surface area contributed by atoms with Gasteiger partial charge < -0.3 is 20.8 Å². The molecule has 0 aromatic rings. The van der Waals surface area contributed by atoms with E-state index in [2.05, 4.69) is 0 Å². The Morgan fingerprint density at radius 1 is 0.793 bits per heavy atom. The molecule has 0 aromatic carbocycles. The molecule has 0 aromatic heterocycles. The van der Waals surface area contributed by atoms with Crippen LogP contribution in [0.1, 0.15) is 94.9 Å². The fourth-order valence-electron chi connectivity index (χ4n) is 5.81. The second-order valence-corrected chi connectivity index (χ2v) is 12.2. The summed E-state index contributed by atoms with van der Waals surface area (Å²) in [5, 5.41) is 22.4. The molecule has 29 heavy (non-hydrogen) atoms. The second kappa shape index (κ2) is 7.84. The van der Waals surface area contributed by atoms with Crippen molar-refractivity contribution in [2.45, 2.75) is 118 Å². The van der Waals surface area contributed by atoms with Gasteiger partial charge in [-0.3, -0.25) is 9.59 Å². The van der Waals surface area contributed by atoms with E-state index in [1.54, 1.807) is 32.6 Å². The first-order valence-corrected chi connectivity index (χ1v) is 10.7. The van der Waals surface area contributed by atoms with Gasteiger partial charge in [0.05, 0.1) is 23.3 Å². The van der Waals surface area contributed by atoms with Crippen LogP contribution in [-0.2, 0) is 9.59 Å². The van der Waals surface area contributed by atoms with Gasteiger partial charge in [-0.1, -0.05) is 54.4 Å². The minimum Gasteiger partial charge on any atom is -0.388 e. The molecule has 2 unspecified atom stereocenters. The maximum atomic E-state index is 14.2. The van der Waals surface area contributed by atoms with Crippen molar-refractivity contribution in [1.82, 2.24) is 4.90 Å². The van der Waals surface area contributed by atoms with E-state index in [1.807, 2.05) is 41.5 Å². The zero-order chi connectivity index (χ0) is 23.2. The molecular weight excluding hydrogens is 368 g/mol. The Hall–Kier alpha value is -1.14. The zero-order valence-corrected chi connectivity index (χ0v) is 20.2. The number of carbonyl (C=O) groups is 2. The molecule has 1 rings (SSSR count). The maximum absolute atomic E-state index is 14.2. The molecule has 1 aliphatic carbocycles. The average molecular weight is 413 g/mol. The van der Waals surface area contributed by atoms with Gasteiger partial charge in [0.2, 0.25) is 11.8 Å². The van der Waals surface area contributed by atoms with Crippen LogP contribution in [0.4, 0.5) is 0 Å². The first-order valence-electron chi connectivity index (χ1n) is 10.7. The number of hydrogen-bond donors (Lipinski definition) is 3. The molecule has 0 aliphatic heterocycles. The lowest BCUT2D eigenvalue weighted by Gasteiger charge is -2.57. The highest BCUT2D eigenvalue weighted by molar-refractivity contribution is 6.05. The van der Waals surface area contributed by atoms with Gasteiger partial charge in [-0.2, -0.15) is 0 Å². The fourth-order valence-corrected chi connectivity index (χ4v) is 5.81. The summed E-state index contributed by atoms with van der Waals surface area (Å²) in [6, 6.07) is -1.29.